The molecule has 8 heavy (non-hydrogen) atoms. The van der Waals surface area contributed by atoms with Gasteiger partial charge < -0.3 is 0 Å². The molecule has 0 aromatic carbocycles. The van der Waals surface area contributed by atoms with Crippen LogP contribution in [0.25, 0.3) is 0 Å². The fraction of sp³-hybridized carbons (Fsp3) is 0.500. The molecule has 0 bridgehead atoms. The second-order valence-electron chi connectivity index (χ2n) is 1.39. The third kappa shape index (κ3) is 6.54. The molecule has 0 saturated carbocycles. The predicted octanol–water partition coefficient (Wildman–Crippen LogP) is 3.23. The summed E-state index contributed by atoms with van der Waals surface area (Å²) in [6.45, 7) is 1.41. The summed E-state index contributed by atoms with van der Waals surface area (Å²) in [6, 6.07) is 0. The Hall–Kier alpha value is 0.540. The van der Waals surface area contributed by atoms with E-state index < -0.39 is 9.62 Å². The summed E-state index contributed by atoms with van der Waals surface area (Å²) < 4.78 is 10.5. The highest BCUT2D eigenvalue weighted by Crippen LogP contribution is 2.24. The standard InChI is InChI=1S/C4H4Cl3F/c1-4(6,7)2-3(5)8/h2H,1H3/b3-2+. The molecule has 4 heteroatoms. The van der Waals surface area contributed by atoms with Gasteiger partial charge in [0.25, 0.3) is 0 Å². The number of hydrogen-bond donors (Lipinski definition) is 0. The van der Waals surface area contributed by atoms with Crippen molar-refractivity contribution in [2.24, 2.45) is 0 Å². The zero-order valence-corrected chi connectivity index (χ0v) is 6.36. The van der Waals surface area contributed by atoms with Gasteiger partial charge in [0, 0.05) is 0 Å². The molecule has 0 spiro atoms. The van der Waals surface area contributed by atoms with Crippen molar-refractivity contribution in [3.8, 4) is 0 Å². The minimum absolute atomic E-state index is 0.891. The number of alkyl halides is 2. The minimum atomic E-state index is -1.20. The van der Waals surface area contributed by atoms with E-state index in [4.69, 9.17) is 34.8 Å². The van der Waals surface area contributed by atoms with Gasteiger partial charge in [-0.2, -0.15) is 4.39 Å². The maximum absolute atomic E-state index is 11.7. The highest BCUT2D eigenvalue weighted by Gasteiger charge is 2.12. The van der Waals surface area contributed by atoms with Crippen LogP contribution in [-0.4, -0.2) is 4.33 Å². The summed E-state index contributed by atoms with van der Waals surface area (Å²) in [7, 11) is 0. The molecule has 0 aromatic heterocycles. The van der Waals surface area contributed by atoms with Crippen molar-refractivity contribution in [3.05, 3.63) is 11.4 Å². The molecular weight excluding hydrogens is 173 g/mol. The smallest absolute Gasteiger partial charge is 0.188 e. The normalized spacial score (nSPS) is 14.4. The predicted molar refractivity (Wildman–Crippen MR) is 35.2 cm³/mol. The van der Waals surface area contributed by atoms with Gasteiger partial charge in [0.2, 0.25) is 0 Å². The van der Waals surface area contributed by atoms with Crippen LogP contribution in [0, 0.1) is 0 Å². The Balaban J connectivity index is 3.89. The maximum atomic E-state index is 11.7. The average molecular weight is 177 g/mol. The van der Waals surface area contributed by atoms with Gasteiger partial charge >= 0.3 is 0 Å². The molecule has 0 radical (unpaired) electrons. The van der Waals surface area contributed by atoms with Gasteiger partial charge in [0.1, 0.15) is 4.33 Å². The minimum Gasteiger partial charge on any atom is -0.194 e. The molecule has 0 saturated heterocycles. The van der Waals surface area contributed by atoms with Crippen LogP contribution in [0.3, 0.4) is 0 Å². The summed E-state index contributed by atoms with van der Waals surface area (Å²) in [5.74, 6) is 0. The molecule has 0 nitrogen and oxygen atoms in total. The Bertz CT molecular complexity index is 98.3. The highest BCUT2D eigenvalue weighted by atomic mass is 35.5. The fourth-order valence-electron chi connectivity index (χ4n) is 0.192. The third-order valence-electron chi connectivity index (χ3n) is 0.363. The van der Waals surface area contributed by atoms with E-state index in [9.17, 15) is 4.39 Å². The Morgan fingerprint density at radius 1 is 1.62 bits per heavy atom. The van der Waals surface area contributed by atoms with Crippen LogP contribution < -0.4 is 0 Å². The van der Waals surface area contributed by atoms with Crippen molar-refractivity contribution in [1.29, 1.82) is 0 Å². The molecule has 0 rings (SSSR count). The van der Waals surface area contributed by atoms with Gasteiger partial charge in [-0.3, -0.25) is 0 Å². The molecule has 0 fully saturated rings. The Kier molecular flexibility index (Phi) is 3.10. The first kappa shape index (κ1) is 8.54. The average Bonchev–Trinajstić information content (AvgIpc) is 1.21. The lowest BCUT2D eigenvalue weighted by Gasteiger charge is -2.02. The number of rotatable bonds is 1. The molecule has 0 aliphatic heterocycles. The Morgan fingerprint density at radius 3 is 2.00 bits per heavy atom. The van der Waals surface area contributed by atoms with Crippen LogP contribution in [0.2, 0.25) is 0 Å². The van der Waals surface area contributed by atoms with Crippen molar-refractivity contribution in [2.45, 2.75) is 11.3 Å². The SMILES string of the molecule is CC(Cl)(Cl)/C=C(/F)Cl. The first-order valence-electron chi connectivity index (χ1n) is 1.83. The number of halogens is 4. The molecular formula is C4H4Cl3F. The first-order chi connectivity index (χ1) is 3.42. The molecule has 0 aromatic rings. The van der Waals surface area contributed by atoms with Gasteiger partial charge in [-0.05, 0) is 13.0 Å². The third-order valence-corrected chi connectivity index (χ3v) is 0.690. The van der Waals surface area contributed by atoms with Crippen LogP contribution >= 0.6 is 34.8 Å². The molecule has 0 heterocycles. The summed E-state index contributed by atoms with van der Waals surface area (Å²) in [6.07, 6.45) is 0.900. The Morgan fingerprint density at radius 2 is 2.00 bits per heavy atom. The van der Waals surface area contributed by atoms with Gasteiger partial charge in [-0.15, -0.1) is 0 Å². The largest absolute Gasteiger partial charge is 0.194 e. The van der Waals surface area contributed by atoms with Crippen molar-refractivity contribution in [2.75, 3.05) is 0 Å². The maximum Gasteiger partial charge on any atom is 0.188 e. The molecule has 0 aliphatic carbocycles. The molecule has 0 N–H and O–H groups in total. The van der Waals surface area contributed by atoms with Crippen LogP contribution in [0.5, 0.6) is 0 Å². The van der Waals surface area contributed by atoms with Crippen molar-refractivity contribution in [1.82, 2.24) is 0 Å². The van der Waals surface area contributed by atoms with E-state index in [-0.39, 0.29) is 0 Å². The van der Waals surface area contributed by atoms with Gasteiger partial charge in [-0.25, -0.2) is 0 Å². The monoisotopic (exact) mass is 176 g/mol. The van der Waals surface area contributed by atoms with Crippen molar-refractivity contribution < 1.29 is 4.39 Å². The van der Waals surface area contributed by atoms with Crippen molar-refractivity contribution in [3.63, 3.8) is 0 Å². The zero-order valence-electron chi connectivity index (χ0n) is 4.09. The topological polar surface area (TPSA) is 0 Å². The van der Waals surface area contributed by atoms with Crippen LogP contribution in [0.4, 0.5) is 4.39 Å². The first-order valence-corrected chi connectivity index (χ1v) is 2.97. The number of allylic oxidation sites excluding steroid dienone is 1. The van der Waals surface area contributed by atoms with Crippen molar-refractivity contribution >= 4 is 34.8 Å². The quantitative estimate of drug-likeness (QED) is 0.540. The lowest BCUT2D eigenvalue weighted by Crippen LogP contribution is -1.98. The molecule has 0 amide bonds. The zero-order chi connectivity index (χ0) is 6.78. The van der Waals surface area contributed by atoms with E-state index in [1.54, 1.807) is 0 Å². The fourth-order valence-corrected chi connectivity index (χ4v) is 0.713. The van der Waals surface area contributed by atoms with Crippen LogP contribution in [0.15, 0.2) is 11.4 Å². The molecule has 0 aliphatic rings. The lowest BCUT2D eigenvalue weighted by molar-refractivity contribution is 0.687. The van der Waals surface area contributed by atoms with Gasteiger partial charge in [-0.1, -0.05) is 34.8 Å². The van der Waals surface area contributed by atoms with E-state index in [2.05, 4.69) is 0 Å². The molecule has 48 valence electrons. The van der Waals surface area contributed by atoms with E-state index in [0.29, 0.717) is 0 Å². The molecule has 0 unspecified atom stereocenters. The lowest BCUT2D eigenvalue weighted by atomic mass is 10.5. The van der Waals surface area contributed by atoms with Crippen LogP contribution in [0.1, 0.15) is 6.92 Å². The number of hydrogen-bond acceptors (Lipinski definition) is 0. The second-order valence-corrected chi connectivity index (χ2v) is 3.52. The molecule has 0 atom stereocenters. The summed E-state index contributed by atoms with van der Waals surface area (Å²) in [4.78, 5) is 0. The van der Waals surface area contributed by atoms with E-state index in [0.717, 1.165) is 6.08 Å². The summed E-state index contributed by atoms with van der Waals surface area (Å²) in [5.41, 5.74) is 0. The van der Waals surface area contributed by atoms with Gasteiger partial charge in [0.05, 0.1) is 0 Å². The van der Waals surface area contributed by atoms with Crippen LogP contribution in [-0.2, 0) is 0 Å². The summed E-state index contributed by atoms with van der Waals surface area (Å²) >= 11 is 15.4. The Labute approximate surface area is 62.2 Å². The second kappa shape index (κ2) is 2.90. The van der Waals surface area contributed by atoms with E-state index in [1.807, 2.05) is 0 Å². The van der Waals surface area contributed by atoms with E-state index in [1.165, 1.54) is 6.92 Å². The summed E-state index contributed by atoms with van der Waals surface area (Å²) in [5, 5.41) is -0.891. The van der Waals surface area contributed by atoms with Gasteiger partial charge in [0.15, 0.2) is 5.29 Å². The highest BCUT2D eigenvalue weighted by molar-refractivity contribution is 6.50. The van der Waals surface area contributed by atoms with E-state index >= 15 is 0 Å².